The molecule has 0 aliphatic carbocycles. The van der Waals surface area contributed by atoms with Gasteiger partial charge in [0.25, 0.3) is 0 Å². The lowest BCUT2D eigenvalue weighted by molar-refractivity contribution is 0.124. The van der Waals surface area contributed by atoms with E-state index in [1.165, 1.54) is 0 Å². The maximum atomic E-state index is 5.16. The van der Waals surface area contributed by atoms with Crippen LogP contribution in [0.4, 0.5) is 5.69 Å². The largest absolute Gasteiger partial charge is 0.385 e. The van der Waals surface area contributed by atoms with Gasteiger partial charge in [0.2, 0.25) is 0 Å². The molecule has 19 heavy (non-hydrogen) atoms. The zero-order chi connectivity index (χ0) is 14.1. The highest BCUT2D eigenvalue weighted by Crippen LogP contribution is 2.11. The molecule has 0 fully saturated rings. The topological polar surface area (TPSA) is 37.4 Å². The average Bonchev–Trinajstić information content (AvgIpc) is 2.41. The Hall–Kier alpha value is -1.13. The summed E-state index contributed by atoms with van der Waals surface area (Å²) >= 11 is 0. The van der Waals surface area contributed by atoms with Crippen LogP contribution in [0, 0.1) is 0 Å². The lowest BCUT2D eigenvalue weighted by Gasteiger charge is -2.25. The van der Waals surface area contributed by atoms with Crippen LogP contribution < -0.4 is 5.32 Å². The van der Waals surface area contributed by atoms with Gasteiger partial charge in [-0.1, -0.05) is 6.92 Å². The van der Waals surface area contributed by atoms with Crippen LogP contribution >= 0.6 is 0 Å². The second kappa shape index (κ2) is 8.88. The van der Waals surface area contributed by atoms with Gasteiger partial charge < -0.3 is 10.1 Å². The molecule has 0 atom stereocenters. The number of nitrogens with one attached hydrogen (secondary N) is 1. The predicted molar refractivity (Wildman–Crippen MR) is 80.4 cm³/mol. The second-order valence-electron chi connectivity index (χ2n) is 5.02. The van der Waals surface area contributed by atoms with Crippen LogP contribution in [0.2, 0.25) is 0 Å². The number of aromatic nitrogens is 1. The van der Waals surface area contributed by atoms with Crippen LogP contribution in [-0.2, 0) is 11.3 Å². The Kier molecular flexibility index (Phi) is 7.45. The molecule has 1 aromatic rings. The molecule has 4 nitrogen and oxygen atoms in total. The molecular formula is C15H27N3O. The van der Waals surface area contributed by atoms with Crippen molar-refractivity contribution in [2.75, 3.05) is 32.1 Å². The van der Waals surface area contributed by atoms with E-state index in [-0.39, 0.29) is 0 Å². The van der Waals surface area contributed by atoms with Gasteiger partial charge in [-0.3, -0.25) is 9.88 Å². The van der Waals surface area contributed by atoms with E-state index in [1.54, 1.807) is 7.11 Å². The quantitative estimate of drug-likeness (QED) is 0.745. The van der Waals surface area contributed by atoms with Crippen LogP contribution in [0.5, 0.6) is 0 Å². The average molecular weight is 265 g/mol. The minimum Gasteiger partial charge on any atom is -0.385 e. The van der Waals surface area contributed by atoms with Crippen LogP contribution in [-0.4, -0.2) is 42.7 Å². The molecule has 1 aromatic heterocycles. The molecule has 0 aliphatic rings. The molecule has 0 aliphatic heterocycles. The molecule has 0 radical (unpaired) electrons. The monoisotopic (exact) mass is 265 g/mol. The van der Waals surface area contributed by atoms with Crippen molar-refractivity contribution < 1.29 is 4.74 Å². The van der Waals surface area contributed by atoms with Gasteiger partial charge in [-0.25, -0.2) is 0 Å². The van der Waals surface area contributed by atoms with E-state index in [2.05, 4.69) is 42.0 Å². The van der Waals surface area contributed by atoms with Gasteiger partial charge in [-0.05, 0) is 32.4 Å². The van der Waals surface area contributed by atoms with Crippen molar-refractivity contribution in [2.24, 2.45) is 0 Å². The Bertz CT molecular complexity index is 355. The fourth-order valence-corrected chi connectivity index (χ4v) is 1.88. The molecule has 0 amide bonds. The van der Waals surface area contributed by atoms with E-state index >= 15 is 0 Å². The predicted octanol–water partition coefficient (Wildman–Crippen LogP) is 2.76. The summed E-state index contributed by atoms with van der Waals surface area (Å²) in [6, 6.07) is 4.65. The number of pyridine rings is 1. The number of rotatable bonds is 9. The first kappa shape index (κ1) is 15.9. The van der Waals surface area contributed by atoms with Gasteiger partial charge in [-0.15, -0.1) is 0 Å². The van der Waals surface area contributed by atoms with Crippen LogP contribution in [0.3, 0.4) is 0 Å². The Morgan fingerprint density at radius 3 is 2.84 bits per heavy atom. The summed E-state index contributed by atoms with van der Waals surface area (Å²) in [5.41, 5.74) is 2.26. The highest BCUT2D eigenvalue weighted by molar-refractivity contribution is 5.43. The first-order chi connectivity index (χ1) is 9.17. The summed E-state index contributed by atoms with van der Waals surface area (Å²) in [5.74, 6) is 0. The van der Waals surface area contributed by atoms with Crippen LogP contribution in [0.1, 0.15) is 32.9 Å². The van der Waals surface area contributed by atoms with E-state index in [1.807, 2.05) is 12.3 Å². The molecule has 0 spiro atoms. The summed E-state index contributed by atoms with van der Waals surface area (Å²) in [5, 5.41) is 3.40. The van der Waals surface area contributed by atoms with Crippen molar-refractivity contribution in [2.45, 2.75) is 39.8 Å². The van der Waals surface area contributed by atoms with Gasteiger partial charge in [0, 0.05) is 44.7 Å². The van der Waals surface area contributed by atoms with Crippen molar-refractivity contribution in [1.82, 2.24) is 9.88 Å². The fourth-order valence-electron chi connectivity index (χ4n) is 1.88. The summed E-state index contributed by atoms with van der Waals surface area (Å²) in [6.07, 6.45) is 3.01. The lowest BCUT2D eigenvalue weighted by Crippen LogP contribution is -2.33. The highest BCUT2D eigenvalue weighted by Gasteiger charge is 2.10. The van der Waals surface area contributed by atoms with Gasteiger partial charge in [-0.2, -0.15) is 0 Å². The number of hydrogen-bond donors (Lipinski definition) is 1. The van der Waals surface area contributed by atoms with E-state index in [9.17, 15) is 0 Å². The van der Waals surface area contributed by atoms with E-state index in [0.717, 1.165) is 44.0 Å². The molecule has 0 unspecified atom stereocenters. The molecule has 108 valence electrons. The number of ether oxygens (including phenoxy) is 1. The normalized spacial score (nSPS) is 11.3. The number of methoxy groups -OCH3 is 1. The Balaban J connectivity index is 2.62. The third kappa shape index (κ3) is 6.03. The first-order valence-corrected chi connectivity index (χ1v) is 7.09. The van der Waals surface area contributed by atoms with E-state index < -0.39 is 0 Å². The summed E-state index contributed by atoms with van der Waals surface area (Å²) < 4.78 is 5.16. The Morgan fingerprint density at radius 2 is 2.21 bits per heavy atom. The van der Waals surface area contributed by atoms with Crippen molar-refractivity contribution in [3.8, 4) is 0 Å². The minimum atomic E-state index is 0.490. The fraction of sp³-hybridized carbons (Fsp3) is 0.667. The van der Waals surface area contributed by atoms with Crippen molar-refractivity contribution in [1.29, 1.82) is 0 Å². The molecule has 4 heteroatoms. The smallest absolute Gasteiger partial charge is 0.0589 e. The van der Waals surface area contributed by atoms with Gasteiger partial charge in [0.05, 0.1) is 12.3 Å². The molecule has 0 bridgehead atoms. The molecule has 1 rings (SSSR count). The Labute approximate surface area is 117 Å². The van der Waals surface area contributed by atoms with Crippen molar-refractivity contribution in [3.05, 3.63) is 24.0 Å². The third-order valence-corrected chi connectivity index (χ3v) is 3.07. The molecule has 1 N–H and O–H groups in total. The standard InChI is InChI=1S/C15H27N3O/c1-5-7-16-14-6-8-17-15(11-14)12-18(13(2)3)9-10-19-4/h6,8,11,13H,5,7,9-10,12H2,1-4H3,(H,16,17). The molecular weight excluding hydrogens is 238 g/mol. The highest BCUT2D eigenvalue weighted by atomic mass is 16.5. The number of nitrogens with zero attached hydrogens (tertiary/aromatic N) is 2. The molecule has 1 heterocycles. The number of hydrogen-bond acceptors (Lipinski definition) is 4. The zero-order valence-electron chi connectivity index (χ0n) is 12.6. The maximum absolute atomic E-state index is 5.16. The summed E-state index contributed by atoms with van der Waals surface area (Å²) in [6.45, 7) is 10.1. The Morgan fingerprint density at radius 1 is 1.42 bits per heavy atom. The molecule has 0 saturated carbocycles. The minimum absolute atomic E-state index is 0.490. The summed E-state index contributed by atoms with van der Waals surface area (Å²) in [4.78, 5) is 6.83. The molecule has 0 saturated heterocycles. The zero-order valence-corrected chi connectivity index (χ0v) is 12.6. The van der Waals surface area contributed by atoms with Gasteiger partial charge in [0.15, 0.2) is 0 Å². The SMILES string of the molecule is CCCNc1ccnc(CN(CCOC)C(C)C)c1. The first-order valence-electron chi connectivity index (χ1n) is 7.09. The van der Waals surface area contributed by atoms with Gasteiger partial charge in [0.1, 0.15) is 0 Å². The number of anilines is 1. The third-order valence-electron chi connectivity index (χ3n) is 3.07. The molecule has 0 aromatic carbocycles. The second-order valence-corrected chi connectivity index (χ2v) is 5.02. The van der Waals surface area contributed by atoms with E-state index in [0.29, 0.717) is 6.04 Å². The maximum Gasteiger partial charge on any atom is 0.0589 e. The van der Waals surface area contributed by atoms with Crippen molar-refractivity contribution in [3.63, 3.8) is 0 Å². The summed E-state index contributed by atoms with van der Waals surface area (Å²) in [7, 11) is 1.74. The van der Waals surface area contributed by atoms with Gasteiger partial charge >= 0.3 is 0 Å². The van der Waals surface area contributed by atoms with Crippen LogP contribution in [0.25, 0.3) is 0 Å². The lowest BCUT2D eigenvalue weighted by atomic mass is 10.2. The van der Waals surface area contributed by atoms with E-state index in [4.69, 9.17) is 4.74 Å². The van der Waals surface area contributed by atoms with Crippen molar-refractivity contribution >= 4 is 5.69 Å². The van der Waals surface area contributed by atoms with Crippen LogP contribution in [0.15, 0.2) is 18.3 Å².